The van der Waals surface area contributed by atoms with E-state index in [9.17, 15) is 0 Å². The highest BCUT2D eigenvalue weighted by Gasteiger charge is 1.95. The van der Waals surface area contributed by atoms with E-state index < -0.39 is 0 Å². The fraction of sp³-hybridized carbons (Fsp3) is 0.400. The smallest absolute Gasteiger partial charge is 0.0411 e. The lowest BCUT2D eigenvalue weighted by atomic mass is 10.1. The highest BCUT2D eigenvalue weighted by molar-refractivity contribution is 6.30. The normalized spacial score (nSPS) is 10.1. The van der Waals surface area contributed by atoms with Crippen molar-refractivity contribution >= 4 is 11.6 Å². The molecule has 0 saturated carbocycles. The van der Waals surface area contributed by atoms with Crippen LogP contribution in [0.1, 0.15) is 25.0 Å². The summed E-state index contributed by atoms with van der Waals surface area (Å²) in [5.41, 5.74) is 2.66. The topological polar surface area (TPSA) is 0 Å². The Morgan fingerprint density at radius 2 is 1.45 bits per heavy atom. The summed E-state index contributed by atoms with van der Waals surface area (Å²) < 4.78 is 0. The Hall–Kier alpha value is -0.490. The molecular formula is C10H13Cl. The molecule has 60 valence electrons. The molecule has 0 aliphatic carbocycles. The molecule has 0 unspecified atom stereocenters. The molecule has 0 heterocycles. The van der Waals surface area contributed by atoms with Gasteiger partial charge in [0.25, 0.3) is 0 Å². The van der Waals surface area contributed by atoms with Gasteiger partial charge in [0.2, 0.25) is 0 Å². The van der Waals surface area contributed by atoms with Crippen molar-refractivity contribution in [3.05, 3.63) is 34.3 Å². The van der Waals surface area contributed by atoms with Gasteiger partial charge in [-0.1, -0.05) is 31.5 Å². The van der Waals surface area contributed by atoms with Gasteiger partial charge in [-0.05, 0) is 36.1 Å². The number of hydrogen-bond donors (Lipinski definition) is 0. The average Bonchev–Trinajstić information content (AvgIpc) is 2.03. The van der Waals surface area contributed by atoms with Crippen LogP contribution in [0.4, 0.5) is 0 Å². The van der Waals surface area contributed by atoms with Crippen LogP contribution >= 0.6 is 11.6 Å². The molecule has 0 spiro atoms. The van der Waals surface area contributed by atoms with E-state index in [0.717, 1.165) is 17.9 Å². The van der Waals surface area contributed by atoms with Crippen molar-refractivity contribution < 1.29 is 0 Å². The fourth-order valence-corrected chi connectivity index (χ4v) is 1.41. The first-order chi connectivity index (χ1) is 5.26. The molecule has 11 heavy (non-hydrogen) atoms. The number of aryl methyl sites for hydroxylation is 2. The Labute approximate surface area is 73.2 Å². The van der Waals surface area contributed by atoms with Gasteiger partial charge < -0.3 is 0 Å². The van der Waals surface area contributed by atoms with Gasteiger partial charge in [0, 0.05) is 5.02 Å². The average molecular weight is 169 g/mol. The van der Waals surface area contributed by atoms with Crippen LogP contribution < -0.4 is 0 Å². The molecule has 0 N–H and O–H groups in total. The van der Waals surface area contributed by atoms with E-state index in [2.05, 4.69) is 19.9 Å². The van der Waals surface area contributed by atoms with Crippen LogP contribution in [0.5, 0.6) is 0 Å². The van der Waals surface area contributed by atoms with Crippen LogP contribution in [0.2, 0.25) is 5.02 Å². The third kappa shape index (κ3) is 2.23. The molecule has 1 aromatic carbocycles. The first kappa shape index (κ1) is 8.61. The van der Waals surface area contributed by atoms with Gasteiger partial charge >= 0.3 is 0 Å². The zero-order chi connectivity index (χ0) is 8.27. The van der Waals surface area contributed by atoms with E-state index >= 15 is 0 Å². The van der Waals surface area contributed by atoms with Gasteiger partial charge in [-0.2, -0.15) is 0 Å². The summed E-state index contributed by atoms with van der Waals surface area (Å²) in [5.74, 6) is 0. The molecular weight excluding hydrogens is 156 g/mol. The quantitative estimate of drug-likeness (QED) is 0.635. The highest BCUT2D eigenvalue weighted by atomic mass is 35.5. The molecule has 0 radical (unpaired) electrons. The monoisotopic (exact) mass is 168 g/mol. The van der Waals surface area contributed by atoms with Crippen LogP contribution in [-0.4, -0.2) is 0 Å². The minimum Gasteiger partial charge on any atom is -0.0843 e. The van der Waals surface area contributed by atoms with E-state index in [-0.39, 0.29) is 0 Å². The molecule has 0 atom stereocenters. The molecule has 0 nitrogen and oxygen atoms in total. The zero-order valence-corrected chi connectivity index (χ0v) is 7.78. The van der Waals surface area contributed by atoms with Crippen molar-refractivity contribution in [3.8, 4) is 0 Å². The molecule has 0 bridgehead atoms. The number of rotatable bonds is 2. The standard InChI is InChI=1S/C10H13Cl/c1-3-8-5-9(4-2)7-10(11)6-8/h5-7H,3-4H2,1-2H3. The zero-order valence-electron chi connectivity index (χ0n) is 7.02. The Kier molecular flexibility index (Phi) is 2.95. The summed E-state index contributed by atoms with van der Waals surface area (Å²) in [5, 5.41) is 0.862. The van der Waals surface area contributed by atoms with E-state index in [1.165, 1.54) is 11.1 Å². The fourth-order valence-electron chi connectivity index (χ4n) is 1.13. The van der Waals surface area contributed by atoms with Crippen molar-refractivity contribution in [2.75, 3.05) is 0 Å². The predicted molar refractivity (Wildman–Crippen MR) is 50.2 cm³/mol. The Balaban J connectivity index is 3.02. The maximum absolute atomic E-state index is 5.91. The lowest BCUT2D eigenvalue weighted by molar-refractivity contribution is 1.09. The van der Waals surface area contributed by atoms with E-state index in [4.69, 9.17) is 11.6 Å². The SMILES string of the molecule is CCc1cc(Cl)cc(CC)c1. The first-order valence-electron chi connectivity index (χ1n) is 4.04. The van der Waals surface area contributed by atoms with Crippen molar-refractivity contribution in [3.63, 3.8) is 0 Å². The summed E-state index contributed by atoms with van der Waals surface area (Å²) in [6.45, 7) is 4.29. The molecule has 0 saturated heterocycles. The van der Waals surface area contributed by atoms with E-state index in [1.54, 1.807) is 0 Å². The maximum atomic E-state index is 5.91. The lowest BCUT2D eigenvalue weighted by Crippen LogP contribution is -1.85. The molecule has 1 heteroatoms. The largest absolute Gasteiger partial charge is 0.0843 e. The van der Waals surface area contributed by atoms with Gasteiger partial charge in [0.15, 0.2) is 0 Å². The summed E-state index contributed by atoms with van der Waals surface area (Å²) in [4.78, 5) is 0. The lowest BCUT2D eigenvalue weighted by Gasteiger charge is -2.01. The summed E-state index contributed by atoms with van der Waals surface area (Å²) in [7, 11) is 0. The summed E-state index contributed by atoms with van der Waals surface area (Å²) >= 11 is 5.91. The summed E-state index contributed by atoms with van der Waals surface area (Å²) in [6, 6.07) is 6.27. The van der Waals surface area contributed by atoms with Crippen LogP contribution in [0.15, 0.2) is 18.2 Å². The van der Waals surface area contributed by atoms with Gasteiger partial charge in [-0.25, -0.2) is 0 Å². The minimum absolute atomic E-state index is 0.862. The molecule has 0 aliphatic heterocycles. The number of benzene rings is 1. The van der Waals surface area contributed by atoms with E-state index in [1.807, 2.05) is 12.1 Å². The third-order valence-corrected chi connectivity index (χ3v) is 2.05. The van der Waals surface area contributed by atoms with E-state index in [0.29, 0.717) is 0 Å². The second-order valence-electron chi connectivity index (χ2n) is 2.67. The molecule has 0 fully saturated rings. The third-order valence-electron chi connectivity index (χ3n) is 1.83. The van der Waals surface area contributed by atoms with Crippen LogP contribution in [-0.2, 0) is 12.8 Å². The summed E-state index contributed by atoms with van der Waals surface area (Å²) in [6.07, 6.45) is 2.13. The molecule has 1 aromatic rings. The second-order valence-corrected chi connectivity index (χ2v) is 3.11. The Bertz CT molecular complexity index is 218. The Morgan fingerprint density at radius 3 is 1.82 bits per heavy atom. The second kappa shape index (κ2) is 3.77. The molecule has 0 aliphatic rings. The Morgan fingerprint density at radius 1 is 1.00 bits per heavy atom. The van der Waals surface area contributed by atoms with Gasteiger partial charge in [-0.15, -0.1) is 0 Å². The van der Waals surface area contributed by atoms with Crippen molar-refractivity contribution in [1.29, 1.82) is 0 Å². The number of halogens is 1. The minimum atomic E-state index is 0.862. The molecule has 1 rings (SSSR count). The predicted octanol–water partition coefficient (Wildman–Crippen LogP) is 3.46. The van der Waals surface area contributed by atoms with Crippen LogP contribution in [0, 0.1) is 0 Å². The van der Waals surface area contributed by atoms with Crippen molar-refractivity contribution in [2.24, 2.45) is 0 Å². The van der Waals surface area contributed by atoms with Gasteiger partial charge in [0.1, 0.15) is 0 Å². The maximum Gasteiger partial charge on any atom is 0.0411 e. The van der Waals surface area contributed by atoms with Crippen molar-refractivity contribution in [1.82, 2.24) is 0 Å². The van der Waals surface area contributed by atoms with Gasteiger partial charge in [0.05, 0.1) is 0 Å². The van der Waals surface area contributed by atoms with Crippen molar-refractivity contribution in [2.45, 2.75) is 26.7 Å². The number of hydrogen-bond acceptors (Lipinski definition) is 0. The molecule has 0 aromatic heterocycles. The molecule has 0 amide bonds. The van der Waals surface area contributed by atoms with Gasteiger partial charge in [-0.3, -0.25) is 0 Å². The van der Waals surface area contributed by atoms with Crippen LogP contribution in [0.3, 0.4) is 0 Å². The first-order valence-corrected chi connectivity index (χ1v) is 4.42. The van der Waals surface area contributed by atoms with Crippen LogP contribution in [0.25, 0.3) is 0 Å². The highest BCUT2D eigenvalue weighted by Crippen LogP contribution is 2.15.